The predicted molar refractivity (Wildman–Crippen MR) is 72.3 cm³/mol. The zero-order valence-corrected chi connectivity index (χ0v) is 10.8. The maximum Gasteiger partial charge on any atom is 0.123 e. The molecule has 1 aromatic heterocycles. The summed E-state index contributed by atoms with van der Waals surface area (Å²) in [6.07, 6.45) is 7.03. The van der Waals surface area contributed by atoms with Crippen LogP contribution in [0.4, 0.5) is 4.39 Å². The lowest BCUT2D eigenvalue weighted by molar-refractivity contribution is 0.561. The molecule has 3 nitrogen and oxygen atoms in total. The number of rotatable bonds is 4. The maximum absolute atomic E-state index is 13.1. The molecule has 0 radical (unpaired) electrons. The highest BCUT2D eigenvalue weighted by atomic mass is 19.1. The molecule has 0 aliphatic carbocycles. The largest absolute Gasteiger partial charge is 0.333 e. The van der Waals surface area contributed by atoms with Gasteiger partial charge in [0.25, 0.3) is 0 Å². The van der Waals surface area contributed by atoms with Gasteiger partial charge in [-0.15, -0.1) is 0 Å². The summed E-state index contributed by atoms with van der Waals surface area (Å²) in [4.78, 5) is 4.25. The first-order valence-electron chi connectivity index (χ1n) is 6.81. The monoisotopic (exact) mass is 259 g/mol. The molecular weight excluding hydrogens is 241 g/mol. The van der Waals surface area contributed by atoms with Crippen molar-refractivity contribution in [3.63, 3.8) is 0 Å². The summed E-state index contributed by atoms with van der Waals surface area (Å²) in [6.45, 7) is 1.93. The van der Waals surface area contributed by atoms with E-state index in [-0.39, 0.29) is 5.82 Å². The van der Waals surface area contributed by atoms with E-state index in [0.29, 0.717) is 6.04 Å². The minimum Gasteiger partial charge on any atom is -0.333 e. The molecular formula is C15H18FN3. The Morgan fingerprint density at radius 2 is 2.37 bits per heavy atom. The number of hydrogen-bond acceptors (Lipinski definition) is 2. The molecule has 2 aromatic rings. The SMILES string of the molecule is Fc1cccc(CCn2cncc2C2CCCN2)c1. The van der Waals surface area contributed by atoms with E-state index in [1.165, 1.54) is 24.6 Å². The van der Waals surface area contributed by atoms with Gasteiger partial charge in [0.1, 0.15) is 5.82 Å². The van der Waals surface area contributed by atoms with E-state index in [9.17, 15) is 4.39 Å². The fourth-order valence-electron chi connectivity index (χ4n) is 2.69. The van der Waals surface area contributed by atoms with Gasteiger partial charge in [0.05, 0.1) is 12.0 Å². The van der Waals surface area contributed by atoms with Gasteiger partial charge in [0.15, 0.2) is 0 Å². The zero-order chi connectivity index (χ0) is 13.1. The number of nitrogens with one attached hydrogen (secondary N) is 1. The van der Waals surface area contributed by atoms with E-state index < -0.39 is 0 Å². The van der Waals surface area contributed by atoms with E-state index >= 15 is 0 Å². The number of hydrogen-bond donors (Lipinski definition) is 1. The summed E-state index contributed by atoms with van der Waals surface area (Å²) in [5.41, 5.74) is 2.27. The first-order valence-corrected chi connectivity index (χ1v) is 6.81. The number of imidazole rings is 1. The number of aromatic nitrogens is 2. The third-order valence-electron chi connectivity index (χ3n) is 3.69. The molecule has 0 spiro atoms. The van der Waals surface area contributed by atoms with Crippen LogP contribution in [0.3, 0.4) is 0 Å². The Hall–Kier alpha value is -1.68. The summed E-state index contributed by atoms with van der Waals surface area (Å²) in [5, 5.41) is 3.49. The molecule has 1 aliphatic rings. The van der Waals surface area contributed by atoms with Crippen molar-refractivity contribution in [2.24, 2.45) is 0 Å². The average Bonchev–Trinajstić information content (AvgIpc) is 3.07. The highest BCUT2D eigenvalue weighted by molar-refractivity contribution is 5.16. The van der Waals surface area contributed by atoms with E-state index in [4.69, 9.17) is 0 Å². The van der Waals surface area contributed by atoms with Crippen LogP contribution in [0.15, 0.2) is 36.8 Å². The van der Waals surface area contributed by atoms with Crippen molar-refractivity contribution >= 4 is 0 Å². The Morgan fingerprint density at radius 3 is 3.16 bits per heavy atom. The average molecular weight is 259 g/mol. The van der Waals surface area contributed by atoms with E-state index in [0.717, 1.165) is 25.1 Å². The fourth-order valence-corrected chi connectivity index (χ4v) is 2.69. The minimum absolute atomic E-state index is 0.166. The Kier molecular flexibility index (Phi) is 3.60. The number of aryl methyl sites for hydroxylation is 2. The number of nitrogens with zero attached hydrogens (tertiary/aromatic N) is 2. The minimum atomic E-state index is -0.166. The van der Waals surface area contributed by atoms with Crippen molar-refractivity contribution in [1.82, 2.24) is 14.9 Å². The molecule has 19 heavy (non-hydrogen) atoms. The second kappa shape index (κ2) is 5.53. The molecule has 1 atom stereocenters. The van der Waals surface area contributed by atoms with Gasteiger partial charge >= 0.3 is 0 Å². The first kappa shape index (κ1) is 12.4. The van der Waals surface area contributed by atoms with Gasteiger partial charge in [-0.05, 0) is 43.5 Å². The topological polar surface area (TPSA) is 29.9 Å². The molecule has 2 heterocycles. The lowest BCUT2D eigenvalue weighted by Gasteiger charge is -2.13. The molecule has 1 N–H and O–H groups in total. The molecule has 1 fully saturated rings. The van der Waals surface area contributed by atoms with Crippen LogP contribution >= 0.6 is 0 Å². The normalized spacial score (nSPS) is 18.9. The predicted octanol–water partition coefficient (Wildman–Crippen LogP) is 2.69. The van der Waals surface area contributed by atoms with Crippen LogP contribution in [0.2, 0.25) is 0 Å². The van der Waals surface area contributed by atoms with E-state index in [1.807, 2.05) is 18.6 Å². The van der Waals surface area contributed by atoms with Crippen LogP contribution in [-0.2, 0) is 13.0 Å². The maximum atomic E-state index is 13.1. The van der Waals surface area contributed by atoms with Crippen molar-refractivity contribution in [2.75, 3.05) is 6.54 Å². The summed E-state index contributed by atoms with van der Waals surface area (Å²) < 4.78 is 15.3. The van der Waals surface area contributed by atoms with Crippen LogP contribution in [0.1, 0.15) is 30.1 Å². The third kappa shape index (κ3) is 2.84. The molecule has 0 bridgehead atoms. The Labute approximate surface area is 112 Å². The van der Waals surface area contributed by atoms with Gasteiger partial charge in [-0.3, -0.25) is 0 Å². The van der Waals surface area contributed by atoms with Crippen LogP contribution in [0.5, 0.6) is 0 Å². The standard InChI is InChI=1S/C15H18FN3/c16-13-4-1-3-12(9-13)6-8-19-11-17-10-15(19)14-5-2-7-18-14/h1,3-4,9-11,14,18H,2,5-8H2. The Bertz CT molecular complexity index is 544. The van der Waals surface area contributed by atoms with Gasteiger partial charge in [-0.1, -0.05) is 12.1 Å². The quantitative estimate of drug-likeness (QED) is 0.915. The van der Waals surface area contributed by atoms with Crippen molar-refractivity contribution in [3.8, 4) is 0 Å². The van der Waals surface area contributed by atoms with Crippen LogP contribution in [0.25, 0.3) is 0 Å². The van der Waals surface area contributed by atoms with Gasteiger partial charge in [-0.2, -0.15) is 0 Å². The Balaban J connectivity index is 1.68. The van der Waals surface area contributed by atoms with Crippen molar-refractivity contribution in [3.05, 3.63) is 53.9 Å². The fraction of sp³-hybridized carbons (Fsp3) is 0.400. The highest BCUT2D eigenvalue weighted by Crippen LogP contribution is 2.22. The smallest absolute Gasteiger partial charge is 0.123 e. The van der Waals surface area contributed by atoms with Crippen LogP contribution < -0.4 is 5.32 Å². The highest BCUT2D eigenvalue weighted by Gasteiger charge is 2.19. The second-order valence-corrected chi connectivity index (χ2v) is 5.04. The summed E-state index contributed by atoms with van der Waals surface area (Å²) in [6, 6.07) is 7.24. The van der Waals surface area contributed by atoms with Gasteiger partial charge in [0.2, 0.25) is 0 Å². The lowest BCUT2D eigenvalue weighted by atomic mass is 10.1. The molecule has 1 unspecified atom stereocenters. The summed E-state index contributed by atoms with van der Waals surface area (Å²) in [7, 11) is 0. The summed E-state index contributed by atoms with van der Waals surface area (Å²) in [5.74, 6) is -0.166. The first-order chi connectivity index (χ1) is 9.33. The molecule has 3 rings (SSSR count). The van der Waals surface area contributed by atoms with Crippen molar-refractivity contribution in [1.29, 1.82) is 0 Å². The van der Waals surface area contributed by atoms with Crippen LogP contribution in [-0.4, -0.2) is 16.1 Å². The van der Waals surface area contributed by atoms with Gasteiger partial charge in [-0.25, -0.2) is 9.37 Å². The van der Waals surface area contributed by atoms with Crippen molar-refractivity contribution < 1.29 is 4.39 Å². The van der Waals surface area contributed by atoms with Crippen LogP contribution in [0, 0.1) is 5.82 Å². The molecule has 1 aromatic carbocycles. The molecule has 4 heteroatoms. The van der Waals surface area contributed by atoms with Gasteiger partial charge in [0, 0.05) is 18.8 Å². The van der Waals surface area contributed by atoms with Gasteiger partial charge < -0.3 is 9.88 Å². The molecule has 1 saturated heterocycles. The lowest BCUT2D eigenvalue weighted by Crippen LogP contribution is -2.17. The third-order valence-corrected chi connectivity index (χ3v) is 3.69. The molecule has 0 saturated carbocycles. The number of halogens is 1. The zero-order valence-electron chi connectivity index (χ0n) is 10.8. The Morgan fingerprint density at radius 1 is 1.42 bits per heavy atom. The molecule has 0 amide bonds. The molecule has 1 aliphatic heterocycles. The van der Waals surface area contributed by atoms with E-state index in [2.05, 4.69) is 14.9 Å². The van der Waals surface area contributed by atoms with Crippen molar-refractivity contribution in [2.45, 2.75) is 31.8 Å². The van der Waals surface area contributed by atoms with E-state index in [1.54, 1.807) is 12.1 Å². The summed E-state index contributed by atoms with van der Waals surface area (Å²) >= 11 is 0. The molecule has 100 valence electrons. The second-order valence-electron chi connectivity index (χ2n) is 5.04. The number of benzene rings is 1.